The molecule has 0 saturated heterocycles. The van der Waals surface area contributed by atoms with Crippen LogP contribution in [0.3, 0.4) is 0 Å². The molecule has 2 aliphatic rings. The molecule has 0 amide bonds. The molecule has 0 aromatic heterocycles. The van der Waals surface area contributed by atoms with E-state index in [1.165, 1.54) is 25.0 Å². The van der Waals surface area contributed by atoms with Gasteiger partial charge >= 0.3 is 0 Å². The molecule has 1 heterocycles. The summed E-state index contributed by atoms with van der Waals surface area (Å²) < 4.78 is 5.17. The Bertz CT molecular complexity index is 298. The van der Waals surface area contributed by atoms with Gasteiger partial charge < -0.3 is 10.1 Å². The lowest BCUT2D eigenvalue weighted by molar-refractivity contribution is 0.172. The van der Waals surface area contributed by atoms with Gasteiger partial charge in [0.25, 0.3) is 0 Å². The zero-order valence-corrected chi connectivity index (χ0v) is 12.0. The number of rotatable bonds is 5. The topological polar surface area (TPSA) is 33.6 Å². The highest BCUT2D eigenvalue weighted by Crippen LogP contribution is 2.48. The van der Waals surface area contributed by atoms with Crippen LogP contribution in [0.2, 0.25) is 0 Å². The number of nitrogens with zero attached hydrogens (tertiary/aromatic N) is 1. The van der Waals surface area contributed by atoms with Gasteiger partial charge in [0.2, 0.25) is 0 Å². The van der Waals surface area contributed by atoms with Crippen LogP contribution in [0.5, 0.6) is 0 Å². The fourth-order valence-corrected chi connectivity index (χ4v) is 2.97. The number of hydrogen-bond donors (Lipinski definition) is 1. The van der Waals surface area contributed by atoms with Gasteiger partial charge in [-0.05, 0) is 30.1 Å². The molecule has 0 aromatic rings. The second kappa shape index (κ2) is 5.19. The van der Waals surface area contributed by atoms with E-state index in [9.17, 15) is 0 Å². The van der Waals surface area contributed by atoms with Crippen LogP contribution in [-0.2, 0) is 4.74 Å². The standard InChI is InChI=1S/C13H24N2OS/c1-12(2)8-14-11(17-10-12)15-9-13(4-5-13)6-7-16-3/h4-10H2,1-3H3,(H,14,15). The molecule has 17 heavy (non-hydrogen) atoms. The van der Waals surface area contributed by atoms with E-state index >= 15 is 0 Å². The van der Waals surface area contributed by atoms with Gasteiger partial charge in [0.15, 0.2) is 5.17 Å². The maximum Gasteiger partial charge on any atom is 0.156 e. The summed E-state index contributed by atoms with van der Waals surface area (Å²) in [7, 11) is 1.78. The minimum atomic E-state index is 0.364. The number of methoxy groups -OCH3 is 1. The molecule has 0 atom stereocenters. The molecule has 2 rings (SSSR count). The first kappa shape index (κ1) is 13.2. The van der Waals surface area contributed by atoms with E-state index < -0.39 is 0 Å². The summed E-state index contributed by atoms with van der Waals surface area (Å²) in [5.41, 5.74) is 0.870. The predicted molar refractivity (Wildman–Crippen MR) is 74.7 cm³/mol. The lowest BCUT2D eigenvalue weighted by atomic mass is 9.97. The lowest BCUT2D eigenvalue weighted by Crippen LogP contribution is -2.34. The lowest BCUT2D eigenvalue weighted by Gasteiger charge is -2.28. The first-order valence-corrected chi connectivity index (χ1v) is 7.44. The number of nitrogens with one attached hydrogen (secondary N) is 1. The molecular formula is C13H24N2OS. The highest BCUT2D eigenvalue weighted by Gasteiger charge is 2.42. The Morgan fingerprint density at radius 2 is 2.18 bits per heavy atom. The van der Waals surface area contributed by atoms with Crippen molar-refractivity contribution in [1.82, 2.24) is 5.32 Å². The summed E-state index contributed by atoms with van der Waals surface area (Å²) in [5.74, 6) is 1.17. The fraction of sp³-hybridized carbons (Fsp3) is 0.923. The Balaban J connectivity index is 1.74. The highest BCUT2D eigenvalue weighted by atomic mass is 32.2. The number of thioether (sulfide) groups is 1. The highest BCUT2D eigenvalue weighted by molar-refractivity contribution is 8.13. The van der Waals surface area contributed by atoms with E-state index in [2.05, 4.69) is 24.2 Å². The molecule has 1 fully saturated rings. The summed E-state index contributed by atoms with van der Waals surface area (Å²) >= 11 is 1.87. The number of aliphatic imine (C=N–C) groups is 1. The molecule has 1 aliphatic heterocycles. The van der Waals surface area contributed by atoms with E-state index in [-0.39, 0.29) is 0 Å². The Morgan fingerprint density at radius 3 is 2.71 bits per heavy atom. The van der Waals surface area contributed by atoms with E-state index in [4.69, 9.17) is 4.74 Å². The number of hydrogen-bond acceptors (Lipinski definition) is 4. The summed E-state index contributed by atoms with van der Waals surface area (Å²) in [6, 6.07) is 0. The van der Waals surface area contributed by atoms with Crippen LogP contribution in [0.1, 0.15) is 33.1 Å². The van der Waals surface area contributed by atoms with Crippen molar-refractivity contribution >= 4 is 16.9 Å². The zero-order chi connectivity index (χ0) is 12.4. The normalized spacial score (nSPS) is 25.2. The Morgan fingerprint density at radius 1 is 1.41 bits per heavy atom. The van der Waals surface area contributed by atoms with E-state index in [1.54, 1.807) is 7.11 Å². The molecular weight excluding hydrogens is 232 g/mol. The van der Waals surface area contributed by atoms with Crippen molar-refractivity contribution < 1.29 is 4.74 Å². The minimum Gasteiger partial charge on any atom is -0.385 e. The molecule has 0 spiro atoms. The average Bonchev–Trinajstić information content (AvgIpc) is 3.06. The van der Waals surface area contributed by atoms with Crippen molar-refractivity contribution in [1.29, 1.82) is 0 Å². The van der Waals surface area contributed by atoms with Crippen molar-refractivity contribution in [2.24, 2.45) is 15.8 Å². The molecule has 1 aliphatic carbocycles. The van der Waals surface area contributed by atoms with Gasteiger partial charge in [-0.2, -0.15) is 0 Å². The van der Waals surface area contributed by atoms with Crippen LogP contribution in [0.25, 0.3) is 0 Å². The summed E-state index contributed by atoms with van der Waals surface area (Å²) in [4.78, 5) is 4.63. The summed E-state index contributed by atoms with van der Waals surface area (Å²) in [6.45, 7) is 7.47. The largest absolute Gasteiger partial charge is 0.385 e. The van der Waals surface area contributed by atoms with Crippen molar-refractivity contribution in [3.05, 3.63) is 0 Å². The van der Waals surface area contributed by atoms with Crippen LogP contribution >= 0.6 is 11.8 Å². The Hall–Kier alpha value is -0.220. The number of ether oxygens (including phenoxy) is 1. The molecule has 4 heteroatoms. The SMILES string of the molecule is COCCC1(CNC2=NCC(C)(C)CS2)CC1. The van der Waals surface area contributed by atoms with Gasteiger partial charge in [-0.3, -0.25) is 4.99 Å². The maximum atomic E-state index is 5.17. The van der Waals surface area contributed by atoms with Crippen molar-refractivity contribution in [2.75, 3.05) is 32.6 Å². The Labute approximate surface area is 109 Å². The maximum absolute atomic E-state index is 5.17. The van der Waals surface area contributed by atoms with E-state index in [0.29, 0.717) is 10.8 Å². The molecule has 0 unspecified atom stereocenters. The number of amidine groups is 1. The molecule has 98 valence electrons. The monoisotopic (exact) mass is 256 g/mol. The van der Waals surface area contributed by atoms with Crippen molar-refractivity contribution in [3.8, 4) is 0 Å². The molecule has 1 N–H and O–H groups in total. The fourth-order valence-electron chi connectivity index (χ4n) is 2.02. The van der Waals surface area contributed by atoms with Gasteiger partial charge in [-0.1, -0.05) is 25.6 Å². The molecule has 0 radical (unpaired) electrons. The van der Waals surface area contributed by atoms with Crippen LogP contribution < -0.4 is 5.32 Å². The first-order valence-electron chi connectivity index (χ1n) is 6.45. The Kier molecular flexibility index (Phi) is 4.03. The third-order valence-electron chi connectivity index (χ3n) is 3.66. The average molecular weight is 256 g/mol. The second-order valence-electron chi connectivity index (χ2n) is 6.17. The molecule has 0 bridgehead atoms. The predicted octanol–water partition coefficient (Wildman–Crippen LogP) is 2.52. The summed E-state index contributed by atoms with van der Waals surface area (Å²) in [5, 5.41) is 4.67. The quantitative estimate of drug-likeness (QED) is 0.820. The van der Waals surface area contributed by atoms with Crippen LogP contribution in [0, 0.1) is 10.8 Å². The molecule has 1 saturated carbocycles. The second-order valence-corrected chi connectivity index (χ2v) is 7.13. The zero-order valence-electron chi connectivity index (χ0n) is 11.2. The van der Waals surface area contributed by atoms with Gasteiger partial charge in [-0.25, -0.2) is 0 Å². The van der Waals surface area contributed by atoms with Crippen LogP contribution in [0.15, 0.2) is 4.99 Å². The van der Waals surface area contributed by atoms with E-state index in [0.717, 1.165) is 24.9 Å². The first-order chi connectivity index (χ1) is 8.05. The van der Waals surface area contributed by atoms with E-state index in [1.807, 2.05) is 11.8 Å². The van der Waals surface area contributed by atoms with Gasteiger partial charge in [-0.15, -0.1) is 0 Å². The van der Waals surface area contributed by atoms with Gasteiger partial charge in [0.1, 0.15) is 0 Å². The smallest absolute Gasteiger partial charge is 0.156 e. The van der Waals surface area contributed by atoms with Gasteiger partial charge in [0, 0.05) is 32.6 Å². The summed E-state index contributed by atoms with van der Waals surface area (Å²) in [6.07, 6.45) is 3.86. The minimum absolute atomic E-state index is 0.364. The molecule has 3 nitrogen and oxygen atoms in total. The third kappa shape index (κ3) is 3.88. The third-order valence-corrected chi connectivity index (χ3v) is 5.13. The van der Waals surface area contributed by atoms with Crippen LogP contribution in [-0.4, -0.2) is 37.7 Å². The van der Waals surface area contributed by atoms with Crippen molar-refractivity contribution in [2.45, 2.75) is 33.1 Å². The van der Waals surface area contributed by atoms with Crippen molar-refractivity contribution in [3.63, 3.8) is 0 Å². The van der Waals surface area contributed by atoms with Crippen LogP contribution in [0.4, 0.5) is 0 Å². The molecule has 0 aromatic carbocycles. The van der Waals surface area contributed by atoms with Gasteiger partial charge in [0.05, 0.1) is 0 Å².